The van der Waals surface area contributed by atoms with Crippen molar-refractivity contribution >= 4 is 11.6 Å². The lowest BCUT2D eigenvalue weighted by molar-refractivity contribution is 0.444. The molecule has 0 saturated heterocycles. The van der Waals surface area contributed by atoms with Crippen molar-refractivity contribution in [3.05, 3.63) is 11.9 Å². The number of nitrogens with zero attached hydrogens (tertiary/aromatic N) is 3. The lowest BCUT2D eigenvalue weighted by Gasteiger charge is -2.27. The largest absolute Gasteiger partial charge is 0.367 e. The zero-order chi connectivity index (χ0) is 10.7. The summed E-state index contributed by atoms with van der Waals surface area (Å²) in [5.41, 5.74) is 0. The highest BCUT2D eigenvalue weighted by molar-refractivity contribution is 5.49. The fourth-order valence-corrected chi connectivity index (χ4v) is 1.52. The molecule has 1 aromatic rings. The summed E-state index contributed by atoms with van der Waals surface area (Å²) in [5, 5.41) is 14.3. The topological polar surface area (TPSA) is 73.6 Å². The molecule has 0 atom stereocenters. The van der Waals surface area contributed by atoms with Gasteiger partial charge in [-0.3, -0.25) is 5.32 Å². The van der Waals surface area contributed by atoms with Crippen LogP contribution in [0.5, 0.6) is 0 Å². The van der Waals surface area contributed by atoms with Crippen molar-refractivity contribution in [1.29, 1.82) is 5.26 Å². The SMILES string of the molecule is Cc1nc(NC#N)cc(NC2CCC2)n1. The van der Waals surface area contributed by atoms with Crippen LogP contribution >= 0.6 is 0 Å². The van der Waals surface area contributed by atoms with Crippen molar-refractivity contribution < 1.29 is 0 Å². The Kier molecular flexibility index (Phi) is 2.68. The van der Waals surface area contributed by atoms with Gasteiger partial charge in [0.05, 0.1) is 0 Å². The quantitative estimate of drug-likeness (QED) is 0.577. The number of nitrogens with one attached hydrogen (secondary N) is 2. The number of aryl methyl sites for hydroxylation is 1. The van der Waals surface area contributed by atoms with Gasteiger partial charge in [-0.05, 0) is 26.2 Å². The maximum atomic E-state index is 8.50. The molecule has 0 aliphatic heterocycles. The van der Waals surface area contributed by atoms with Crippen molar-refractivity contribution in [1.82, 2.24) is 9.97 Å². The number of anilines is 2. The van der Waals surface area contributed by atoms with Crippen LogP contribution < -0.4 is 10.6 Å². The molecule has 0 spiro atoms. The summed E-state index contributed by atoms with van der Waals surface area (Å²) in [4.78, 5) is 8.36. The molecule has 0 bridgehead atoms. The third kappa shape index (κ3) is 2.34. The van der Waals surface area contributed by atoms with Gasteiger partial charge in [0.25, 0.3) is 0 Å². The number of nitriles is 1. The molecule has 0 amide bonds. The fraction of sp³-hybridized carbons (Fsp3) is 0.500. The van der Waals surface area contributed by atoms with Crippen LogP contribution in [0.15, 0.2) is 6.07 Å². The van der Waals surface area contributed by atoms with Crippen molar-refractivity contribution in [2.24, 2.45) is 0 Å². The number of hydrogen-bond donors (Lipinski definition) is 2. The maximum Gasteiger partial charge on any atom is 0.182 e. The molecule has 5 nitrogen and oxygen atoms in total. The van der Waals surface area contributed by atoms with Crippen molar-refractivity contribution in [3.8, 4) is 6.19 Å². The molecule has 2 N–H and O–H groups in total. The molecule has 1 fully saturated rings. The number of hydrogen-bond acceptors (Lipinski definition) is 5. The van der Waals surface area contributed by atoms with Gasteiger partial charge in [-0.2, -0.15) is 5.26 Å². The van der Waals surface area contributed by atoms with E-state index < -0.39 is 0 Å². The van der Waals surface area contributed by atoms with Crippen LogP contribution in [0, 0.1) is 18.4 Å². The maximum absolute atomic E-state index is 8.50. The summed E-state index contributed by atoms with van der Waals surface area (Å²) in [6.07, 6.45) is 5.53. The van der Waals surface area contributed by atoms with Gasteiger partial charge < -0.3 is 5.32 Å². The van der Waals surface area contributed by atoms with Gasteiger partial charge in [-0.1, -0.05) is 0 Å². The Morgan fingerprint density at radius 1 is 1.40 bits per heavy atom. The van der Waals surface area contributed by atoms with Crippen LogP contribution in [-0.4, -0.2) is 16.0 Å². The first-order chi connectivity index (χ1) is 7.28. The molecule has 0 unspecified atom stereocenters. The Morgan fingerprint density at radius 2 is 2.13 bits per heavy atom. The highest BCUT2D eigenvalue weighted by Crippen LogP contribution is 2.23. The summed E-state index contributed by atoms with van der Waals surface area (Å²) < 4.78 is 0. The van der Waals surface area contributed by atoms with Crippen molar-refractivity contribution in [2.75, 3.05) is 10.6 Å². The first-order valence-electron chi connectivity index (χ1n) is 5.05. The van der Waals surface area contributed by atoms with Crippen LogP contribution in [0.3, 0.4) is 0 Å². The molecule has 1 aliphatic carbocycles. The van der Waals surface area contributed by atoms with E-state index in [1.54, 1.807) is 6.07 Å². The van der Waals surface area contributed by atoms with Crippen LogP contribution in [-0.2, 0) is 0 Å². The Morgan fingerprint density at radius 3 is 2.73 bits per heavy atom. The van der Waals surface area contributed by atoms with E-state index in [1.165, 1.54) is 19.3 Å². The Hall–Kier alpha value is -1.83. The highest BCUT2D eigenvalue weighted by Gasteiger charge is 2.17. The van der Waals surface area contributed by atoms with Crippen molar-refractivity contribution in [2.45, 2.75) is 32.2 Å². The lowest BCUT2D eigenvalue weighted by Crippen LogP contribution is -2.27. The minimum absolute atomic E-state index is 0.536. The molecule has 1 aromatic heterocycles. The van der Waals surface area contributed by atoms with Gasteiger partial charge in [0, 0.05) is 12.1 Å². The minimum atomic E-state index is 0.536. The zero-order valence-electron chi connectivity index (χ0n) is 8.62. The zero-order valence-corrected chi connectivity index (χ0v) is 8.62. The molecule has 1 saturated carbocycles. The summed E-state index contributed by atoms with van der Waals surface area (Å²) in [7, 11) is 0. The standard InChI is InChI=1S/C10H13N5/c1-7-13-9(12-6-11)5-10(14-7)15-8-3-2-4-8/h5,8H,2-4H2,1H3,(H2,12,13,14,15). The van der Waals surface area contributed by atoms with E-state index >= 15 is 0 Å². The van der Waals surface area contributed by atoms with Gasteiger partial charge >= 0.3 is 0 Å². The smallest absolute Gasteiger partial charge is 0.182 e. The molecule has 1 aliphatic rings. The van der Waals surface area contributed by atoms with Crippen LogP contribution in [0.4, 0.5) is 11.6 Å². The predicted octanol–water partition coefficient (Wildman–Crippen LogP) is 1.64. The Bertz CT molecular complexity index is 391. The lowest BCUT2D eigenvalue weighted by atomic mass is 9.93. The summed E-state index contributed by atoms with van der Waals surface area (Å²) >= 11 is 0. The van der Waals surface area contributed by atoms with Crippen LogP contribution in [0.1, 0.15) is 25.1 Å². The minimum Gasteiger partial charge on any atom is -0.367 e. The third-order valence-electron chi connectivity index (χ3n) is 2.48. The van der Waals surface area contributed by atoms with E-state index in [9.17, 15) is 0 Å². The molecular weight excluding hydrogens is 190 g/mol. The second kappa shape index (κ2) is 4.13. The highest BCUT2D eigenvalue weighted by atomic mass is 15.1. The van der Waals surface area contributed by atoms with Crippen LogP contribution in [0.25, 0.3) is 0 Å². The van der Waals surface area contributed by atoms with E-state index in [-0.39, 0.29) is 0 Å². The molecule has 1 heterocycles. The second-order valence-corrected chi connectivity index (χ2v) is 3.69. The van der Waals surface area contributed by atoms with Gasteiger partial charge in [0.15, 0.2) is 6.19 Å². The van der Waals surface area contributed by atoms with E-state index in [2.05, 4.69) is 20.6 Å². The first kappa shape index (κ1) is 9.71. The molecule has 0 radical (unpaired) electrons. The average molecular weight is 203 g/mol. The van der Waals surface area contributed by atoms with Crippen molar-refractivity contribution in [3.63, 3.8) is 0 Å². The summed E-state index contributed by atoms with van der Waals surface area (Å²) in [5.74, 6) is 2.01. The van der Waals surface area contributed by atoms with Crippen LogP contribution in [0.2, 0.25) is 0 Å². The Balaban J connectivity index is 2.12. The second-order valence-electron chi connectivity index (χ2n) is 3.69. The van der Waals surface area contributed by atoms with E-state index in [1.807, 2.05) is 13.1 Å². The average Bonchev–Trinajstić information content (AvgIpc) is 2.11. The molecule has 0 aromatic carbocycles. The first-order valence-corrected chi connectivity index (χ1v) is 5.05. The summed E-state index contributed by atoms with van der Waals surface area (Å²) in [6.45, 7) is 1.81. The van der Waals surface area contributed by atoms with Gasteiger partial charge in [-0.15, -0.1) is 0 Å². The number of rotatable bonds is 3. The van der Waals surface area contributed by atoms with Gasteiger partial charge in [0.1, 0.15) is 17.5 Å². The van der Waals surface area contributed by atoms with Gasteiger partial charge in [0.2, 0.25) is 0 Å². The van der Waals surface area contributed by atoms with E-state index in [0.29, 0.717) is 17.7 Å². The van der Waals surface area contributed by atoms with Gasteiger partial charge in [-0.25, -0.2) is 9.97 Å². The number of aromatic nitrogens is 2. The predicted molar refractivity (Wildman–Crippen MR) is 57.3 cm³/mol. The monoisotopic (exact) mass is 203 g/mol. The third-order valence-corrected chi connectivity index (χ3v) is 2.48. The Labute approximate surface area is 88.5 Å². The fourth-order valence-electron chi connectivity index (χ4n) is 1.52. The molecule has 15 heavy (non-hydrogen) atoms. The molecule has 5 heteroatoms. The summed E-state index contributed by atoms with van der Waals surface area (Å²) in [6, 6.07) is 2.29. The van der Waals surface area contributed by atoms with E-state index in [4.69, 9.17) is 5.26 Å². The molecule has 2 rings (SSSR count). The molecule has 78 valence electrons. The molecular formula is C10H13N5. The van der Waals surface area contributed by atoms with E-state index in [0.717, 1.165) is 5.82 Å². The normalized spacial score (nSPS) is 15.2.